The lowest BCUT2D eigenvalue weighted by molar-refractivity contribution is -0.141. The van der Waals surface area contributed by atoms with Gasteiger partial charge in [0.2, 0.25) is 0 Å². The normalized spacial score (nSPS) is 16.0. The summed E-state index contributed by atoms with van der Waals surface area (Å²) < 4.78 is 77.2. The number of alkyl halides is 6. The van der Waals surface area contributed by atoms with Crippen molar-refractivity contribution < 1.29 is 31.1 Å². The van der Waals surface area contributed by atoms with Crippen molar-refractivity contribution in [3.05, 3.63) is 58.1 Å². The van der Waals surface area contributed by atoms with Gasteiger partial charge in [-0.2, -0.15) is 26.3 Å². The minimum atomic E-state index is -4.80. The van der Waals surface area contributed by atoms with Crippen LogP contribution in [0.4, 0.5) is 26.3 Å². The number of halogens is 7. The maximum Gasteiger partial charge on any atom is 0.434 e. The van der Waals surface area contributed by atoms with Gasteiger partial charge in [-0.05, 0) is 31.0 Å². The van der Waals surface area contributed by atoms with Crippen LogP contribution in [0.15, 0.2) is 30.6 Å². The van der Waals surface area contributed by atoms with Gasteiger partial charge in [-0.15, -0.1) is 0 Å². The quantitative estimate of drug-likeness (QED) is 0.730. The Morgan fingerprint density at radius 3 is 2.36 bits per heavy atom. The lowest BCUT2D eigenvalue weighted by Gasteiger charge is -2.19. The van der Waals surface area contributed by atoms with Gasteiger partial charge in [-0.25, -0.2) is 0 Å². The third-order valence-electron chi connectivity index (χ3n) is 4.43. The Kier molecular flexibility index (Phi) is 5.03. The van der Waals surface area contributed by atoms with E-state index in [2.05, 4.69) is 15.3 Å². The third-order valence-corrected chi connectivity index (χ3v) is 4.72. The second kappa shape index (κ2) is 6.91. The van der Waals surface area contributed by atoms with Crippen molar-refractivity contribution in [2.75, 3.05) is 6.54 Å². The third kappa shape index (κ3) is 4.06. The van der Waals surface area contributed by atoms with E-state index in [0.29, 0.717) is 19.0 Å². The number of amides is 1. The minimum Gasteiger partial charge on any atom is -0.351 e. The molecule has 1 amide bonds. The van der Waals surface area contributed by atoms with Crippen molar-refractivity contribution in [2.45, 2.75) is 30.6 Å². The fourth-order valence-corrected chi connectivity index (χ4v) is 3.16. The van der Waals surface area contributed by atoms with Crippen molar-refractivity contribution in [2.24, 2.45) is 0 Å². The number of rotatable bonds is 4. The van der Waals surface area contributed by atoms with Crippen LogP contribution in [0, 0.1) is 0 Å². The van der Waals surface area contributed by atoms with Crippen LogP contribution in [0.3, 0.4) is 0 Å². The molecule has 28 heavy (non-hydrogen) atoms. The number of carbonyl (C=O) groups is 1. The second-order valence-electron chi connectivity index (χ2n) is 6.41. The minimum absolute atomic E-state index is 0.115. The predicted octanol–water partition coefficient (Wildman–Crippen LogP) is 4.63. The summed E-state index contributed by atoms with van der Waals surface area (Å²) in [5.74, 6) is -0.991. The van der Waals surface area contributed by atoms with Gasteiger partial charge >= 0.3 is 12.4 Å². The molecule has 1 saturated carbocycles. The molecule has 4 nitrogen and oxygen atoms in total. The summed E-state index contributed by atoms with van der Waals surface area (Å²) in [4.78, 5) is 19.2. The number of hydrogen-bond donors (Lipinski definition) is 1. The molecule has 1 N–H and O–H groups in total. The van der Waals surface area contributed by atoms with Crippen molar-refractivity contribution in [3.63, 3.8) is 0 Å². The fourth-order valence-electron chi connectivity index (χ4n) is 2.79. The van der Waals surface area contributed by atoms with Crippen LogP contribution in [-0.4, -0.2) is 22.4 Å². The van der Waals surface area contributed by atoms with E-state index < -0.39 is 40.5 Å². The number of hydrogen-bond acceptors (Lipinski definition) is 3. The largest absolute Gasteiger partial charge is 0.434 e. The van der Waals surface area contributed by atoms with Gasteiger partial charge in [0, 0.05) is 24.4 Å². The molecular weight excluding hydrogens is 412 g/mol. The van der Waals surface area contributed by atoms with Crippen LogP contribution in [0.25, 0.3) is 0 Å². The molecule has 0 aromatic carbocycles. The Morgan fingerprint density at radius 1 is 1.14 bits per heavy atom. The number of nitrogens with one attached hydrogen (secondary N) is 1. The molecule has 0 aliphatic heterocycles. The van der Waals surface area contributed by atoms with Gasteiger partial charge < -0.3 is 5.32 Å². The number of aromatic nitrogens is 2. The first-order valence-corrected chi connectivity index (χ1v) is 8.35. The van der Waals surface area contributed by atoms with Crippen molar-refractivity contribution in [1.82, 2.24) is 15.3 Å². The predicted molar refractivity (Wildman–Crippen MR) is 86.7 cm³/mol. The first-order valence-electron chi connectivity index (χ1n) is 7.98. The molecule has 0 unspecified atom stereocenters. The molecule has 2 aromatic rings. The standard InChI is InChI=1S/C17H12ClF6N3O/c18-11-6-9(16(19,20)21)7-26-13(11)15(3-4-15)8-27-14(28)10-2-1-5-25-12(10)17(22,23)24/h1-2,5-7H,3-4,8H2,(H,27,28). The van der Waals surface area contributed by atoms with Crippen molar-refractivity contribution in [1.29, 1.82) is 0 Å². The van der Waals surface area contributed by atoms with E-state index in [1.54, 1.807) is 0 Å². The average molecular weight is 424 g/mol. The highest BCUT2D eigenvalue weighted by Crippen LogP contribution is 2.49. The van der Waals surface area contributed by atoms with Crippen LogP contribution >= 0.6 is 11.6 Å². The summed E-state index contributed by atoms with van der Waals surface area (Å²) in [5, 5.41) is 2.18. The van der Waals surface area contributed by atoms with E-state index in [1.807, 2.05) is 0 Å². The Morgan fingerprint density at radius 2 is 1.82 bits per heavy atom. The number of pyridine rings is 2. The number of carbonyl (C=O) groups excluding carboxylic acids is 1. The highest BCUT2D eigenvalue weighted by molar-refractivity contribution is 6.31. The first-order chi connectivity index (χ1) is 12.9. The summed E-state index contributed by atoms with van der Waals surface area (Å²) in [7, 11) is 0. The molecule has 11 heteroatoms. The van der Waals surface area contributed by atoms with Gasteiger partial charge in [-0.1, -0.05) is 11.6 Å². The lowest BCUT2D eigenvalue weighted by Crippen LogP contribution is -2.34. The highest BCUT2D eigenvalue weighted by atomic mass is 35.5. The molecule has 0 atom stereocenters. The van der Waals surface area contributed by atoms with Crippen molar-refractivity contribution in [3.8, 4) is 0 Å². The zero-order chi connectivity index (χ0) is 20.7. The van der Waals surface area contributed by atoms with E-state index >= 15 is 0 Å². The summed E-state index contributed by atoms with van der Waals surface area (Å²) in [6.07, 6.45) is -6.88. The summed E-state index contributed by atoms with van der Waals surface area (Å²) >= 11 is 5.94. The van der Waals surface area contributed by atoms with E-state index in [1.165, 1.54) is 6.07 Å². The highest BCUT2D eigenvalue weighted by Gasteiger charge is 2.48. The number of nitrogens with zero attached hydrogens (tertiary/aromatic N) is 2. The molecule has 1 fully saturated rings. The SMILES string of the molecule is O=C(NCC1(c2ncc(C(F)(F)F)cc2Cl)CC1)c1cccnc1C(F)(F)F. The van der Waals surface area contributed by atoms with Gasteiger partial charge in [0.05, 0.1) is 21.8 Å². The fraction of sp³-hybridized carbons (Fsp3) is 0.353. The van der Waals surface area contributed by atoms with Gasteiger partial charge in [0.25, 0.3) is 5.91 Å². The second-order valence-corrected chi connectivity index (χ2v) is 6.82. The van der Waals surface area contributed by atoms with Crippen LogP contribution in [0.2, 0.25) is 5.02 Å². The smallest absolute Gasteiger partial charge is 0.351 e. The maximum absolute atomic E-state index is 13.0. The Bertz CT molecular complexity index is 908. The molecule has 1 aliphatic carbocycles. The molecule has 150 valence electrons. The summed E-state index contributed by atoms with van der Waals surface area (Å²) in [6.45, 7) is -0.115. The Balaban J connectivity index is 1.78. The molecule has 0 spiro atoms. The molecule has 1 aliphatic rings. The molecule has 2 aromatic heterocycles. The van der Waals surface area contributed by atoms with E-state index in [0.717, 1.165) is 18.3 Å². The monoisotopic (exact) mass is 423 g/mol. The average Bonchev–Trinajstić information content (AvgIpc) is 3.39. The van der Waals surface area contributed by atoms with Crippen LogP contribution in [-0.2, 0) is 17.8 Å². The van der Waals surface area contributed by atoms with Gasteiger partial charge in [0.1, 0.15) is 0 Å². The molecule has 2 heterocycles. The molecule has 0 bridgehead atoms. The van der Waals surface area contributed by atoms with E-state index in [-0.39, 0.29) is 17.3 Å². The maximum atomic E-state index is 13.0. The summed E-state index contributed by atoms with van der Waals surface area (Å²) in [5.41, 5.74) is -3.60. The first kappa shape index (κ1) is 20.4. The van der Waals surface area contributed by atoms with Gasteiger partial charge in [-0.3, -0.25) is 14.8 Å². The molecular formula is C17H12ClF6N3O. The molecule has 0 radical (unpaired) electrons. The summed E-state index contributed by atoms with van der Waals surface area (Å²) in [6, 6.07) is 2.94. The zero-order valence-electron chi connectivity index (χ0n) is 14.0. The zero-order valence-corrected chi connectivity index (χ0v) is 14.7. The molecule has 0 saturated heterocycles. The van der Waals surface area contributed by atoms with E-state index in [9.17, 15) is 31.1 Å². The van der Waals surface area contributed by atoms with Crippen LogP contribution < -0.4 is 5.32 Å². The Labute approximate surface area is 159 Å². The van der Waals surface area contributed by atoms with Crippen LogP contribution in [0.1, 0.15) is 40.2 Å². The Hall–Kier alpha value is -2.36. The van der Waals surface area contributed by atoms with Crippen LogP contribution in [0.5, 0.6) is 0 Å². The van der Waals surface area contributed by atoms with E-state index in [4.69, 9.17) is 11.6 Å². The van der Waals surface area contributed by atoms with Gasteiger partial charge in [0.15, 0.2) is 5.69 Å². The van der Waals surface area contributed by atoms with Crippen molar-refractivity contribution >= 4 is 17.5 Å². The molecule has 3 rings (SSSR count). The lowest BCUT2D eigenvalue weighted by atomic mass is 10.0. The topological polar surface area (TPSA) is 54.9 Å².